The van der Waals surface area contributed by atoms with Crippen molar-refractivity contribution in [2.75, 3.05) is 5.32 Å². The van der Waals surface area contributed by atoms with Crippen LogP contribution in [0.5, 0.6) is 0 Å². The molecule has 0 saturated heterocycles. The van der Waals surface area contributed by atoms with Gasteiger partial charge in [0.25, 0.3) is 5.91 Å². The van der Waals surface area contributed by atoms with Crippen LogP contribution in [0, 0.1) is 11.3 Å². The smallest absolute Gasteiger partial charge is 0.267 e. The average molecular weight is 283 g/mol. The number of benzene rings is 1. The van der Waals surface area contributed by atoms with Crippen LogP contribution in [-0.4, -0.2) is 11.9 Å². The molecule has 2 N–H and O–H groups in total. The molecule has 1 aliphatic rings. The molecule has 1 aromatic carbocycles. The molecular formula is C17H21N3O. The lowest BCUT2D eigenvalue weighted by Crippen LogP contribution is -2.17. The molecule has 0 atom stereocenters. The summed E-state index contributed by atoms with van der Waals surface area (Å²) in [5.41, 5.74) is 2.09. The molecule has 0 radical (unpaired) electrons. The van der Waals surface area contributed by atoms with Crippen molar-refractivity contribution in [2.45, 2.75) is 45.1 Å². The highest BCUT2D eigenvalue weighted by atomic mass is 16.1. The Bertz CT molecular complexity index is 550. The topological polar surface area (TPSA) is 64.9 Å². The predicted molar refractivity (Wildman–Crippen MR) is 83.5 cm³/mol. The fraction of sp³-hybridized carbons (Fsp3) is 0.412. The minimum Gasteiger partial charge on any atom is -0.387 e. The number of nitrogens with zero attached hydrogens (tertiary/aromatic N) is 1. The van der Waals surface area contributed by atoms with Gasteiger partial charge in [-0.2, -0.15) is 5.26 Å². The average Bonchev–Trinajstić information content (AvgIpc) is 3.31. The first kappa shape index (κ1) is 15.1. The number of hydrogen-bond donors (Lipinski definition) is 2. The molecule has 1 fully saturated rings. The number of carbonyl (C=O) groups is 1. The third-order valence-corrected chi connectivity index (χ3v) is 3.44. The molecule has 0 heterocycles. The number of amides is 1. The molecule has 110 valence electrons. The van der Waals surface area contributed by atoms with Crippen LogP contribution in [0.25, 0.3) is 0 Å². The van der Waals surface area contributed by atoms with Gasteiger partial charge in [0.05, 0.1) is 0 Å². The van der Waals surface area contributed by atoms with E-state index in [1.807, 2.05) is 30.3 Å². The molecule has 4 nitrogen and oxygen atoms in total. The van der Waals surface area contributed by atoms with Gasteiger partial charge in [0.15, 0.2) is 0 Å². The van der Waals surface area contributed by atoms with E-state index in [1.54, 1.807) is 0 Å². The second-order valence-electron chi connectivity index (χ2n) is 5.37. The van der Waals surface area contributed by atoms with Crippen LogP contribution in [0.1, 0.15) is 38.2 Å². The highest BCUT2D eigenvalue weighted by Crippen LogP contribution is 2.19. The zero-order valence-electron chi connectivity index (χ0n) is 12.4. The number of aryl methyl sites for hydroxylation is 1. The zero-order valence-corrected chi connectivity index (χ0v) is 12.4. The first-order valence-corrected chi connectivity index (χ1v) is 7.49. The van der Waals surface area contributed by atoms with Gasteiger partial charge in [0, 0.05) is 17.9 Å². The third kappa shape index (κ3) is 4.96. The van der Waals surface area contributed by atoms with Crippen LogP contribution in [0.3, 0.4) is 0 Å². The molecule has 4 heteroatoms. The lowest BCUT2D eigenvalue weighted by molar-refractivity contribution is -0.112. The molecule has 21 heavy (non-hydrogen) atoms. The van der Waals surface area contributed by atoms with E-state index in [9.17, 15) is 4.79 Å². The molecule has 0 unspecified atom stereocenters. The number of anilines is 1. The van der Waals surface area contributed by atoms with Crippen LogP contribution < -0.4 is 10.6 Å². The quantitative estimate of drug-likeness (QED) is 0.597. The second kappa shape index (κ2) is 7.49. The highest BCUT2D eigenvalue weighted by Gasteiger charge is 2.20. The molecule has 1 amide bonds. The van der Waals surface area contributed by atoms with E-state index in [0.29, 0.717) is 11.7 Å². The van der Waals surface area contributed by atoms with Gasteiger partial charge < -0.3 is 10.6 Å². The first-order valence-electron chi connectivity index (χ1n) is 7.49. The summed E-state index contributed by atoms with van der Waals surface area (Å²) in [5, 5.41) is 14.8. The van der Waals surface area contributed by atoms with Crippen molar-refractivity contribution < 1.29 is 4.79 Å². The summed E-state index contributed by atoms with van der Waals surface area (Å²) >= 11 is 0. The standard InChI is InChI=1S/C17H21N3O/c1-2-3-4-13-5-7-16(8-6-13)20-17(21)14(11-18)12-19-15-9-10-15/h5-8,12,15,19H,2-4,9-10H2,1H3,(H,20,21)/b14-12-. The van der Waals surface area contributed by atoms with Gasteiger partial charge in [0.2, 0.25) is 0 Å². The Balaban J connectivity index is 1.91. The van der Waals surface area contributed by atoms with Crippen molar-refractivity contribution in [3.63, 3.8) is 0 Å². The fourth-order valence-corrected chi connectivity index (χ4v) is 1.93. The van der Waals surface area contributed by atoms with Gasteiger partial charge in [-0.3, -0.25) is 4.79 Å². The first-order chi connectivity index (χ1) is 10.2. The van der Waals surface area contributed by atoms with Crippen molar-refractivity contribution in [3.8, 4) is 6.07 Å². The van der Waals surface area contributed by atoms with E-state index in [0.717, 1.165) is 19.3 Å². The molecule has 0 bridgehead atoms. The van der Waals surface area contributed by atoms with E-state index < -0.39 is 0 Å². The lowest BCUT2D eigenvalue weighted by atomic mass is 10.1. The van der Waals surface area contributed by atoms with Gasteiger partial charge in [-0.05, 0) is 43.4 Å². The minimum absolute atomic E-state index is 0.108. The number of nitriles is 1. The maximum Gasteiger partial charge on any atom is 0.267 e. The highest BCUT2D eigenvalue weighted by molar-refractivity contribution is 6.06. The zero-order chi connectivity index (χ0) is 15.1. The lowest BCUT2D eigenvalue weighted by Gasteiger charge is -2.06. The van der Waals surface area contributed by atoms with Gasteiger partial charge in [-0.15, -0.1) is 0 Å². The Kier molecular flexibility index (Phi) is 5.39. The van der Waals surface area contributed by atoms with Crippen molar-refractivity contribution in [3.05, 3.63) is 41.6 Å². The SMILES string of the molecule is CCCCc1ccc(NC(=O)/C(C#N)=C\NC2CC2)cc1. The Morgan fingerprint density at radius 1 is 1.38 bits per heavy atom. The van der Waals surface area contributed by atoms with Gasteiger partial charge in [-0.1, -0.05) is 25.5 Å². The summed E-state index contributed by atoms with van der Waals surface area (Å²) in [5.74, 6) is -0.369. The Labute approximate surface area is 125 Å². The number of carbonyl (C=O) groups excluding carboxylic acids is 1. The van der Waals surface area contributed by atoms with E-state index >= 15 is 0 Å². The fourth-order valence-electron chi connectivity index (χ4n) is 1.93. The van der Waals surface area contributed by atoms with Crippen LogP contribution in [-0.2, 0) is 11.2 Å². The molecule has 0 spiro atoms. The van der Waals surface area contributed by atoms with Crippen molar-refractivity contribution >= 4 is 11.6 Å². The van der Waals surface area contributed by atoms with Gasteiger partial charge in [0.1, 0.15) is 11.6 Å². The van der Waals surface area contributed by atoms with Crippen LogP contribution >= 0.6 is 0 Å². The van der Waals surface area contributed by atoms with Crippen molar-refractivity contribution in [1.29, 1.82) is 5.26 Å². The summed E-state index contributed by atoms with van der Waals surface area (Å²) in [6.45, 7) is 2.17. The minimum atomic E-state index is -0.369. The predicted octanol–water partition coefficient (Wildman–Crippen LogP) is 3.13. The molecule has 1 aliphatic carbocycles. The normalized spacial score (nSPS) is 14.4. The van der Waals surface area contributed by atoms with Crippen LogP contribution in [0.15, 0.2) is 36.0 Å². The van der Waals surface area contributed by atoms with E-state index in [4.69, 9.17) is 5.26 Å². The van der Waals surface area contributed by atoms with E-state index in [-0.39, 0.29) is 11.5 Å². The summed E-state index contributed by atoms with van der Waals surface area (Å²) in [7, 11) is 0. The van der Waals surface area contributed by atoms with E-state index in [2.05, 4.69) is 17.6 Å². The summed E-state index contributed by atoms with van der Waals surface area (Å²) in [6.07, 6.45) is 7.12. The number of nitrogens with one attached hydrogen (secondary N) is 2. The molecule has 0 aromatic heterocycles. The van der Waals surface area contributed by atoms with Crippen molar-refractivity contribution in [2.24, 2.45) is 0 Å². The molecular weight excluding hydrogens is 262 g/mol. The van der Waals surface area contributed by atoms with Gasteiger partial charge >= 0.3 is 0 Å². The third-order valence-electron chi connectivity index (χ3n) is 3.44. The number of rotatable bonds is 7. The Hall–Kier alpha value is -2.28. The number of hydrogen-bond acceptors (Lipinski definition) is 3. The summed E-state index contributed by atoms with van der Waals surface area (Å²) < 4.78 is 0. The summed E-state index contributed by atoms with van der Waals surface area (Å²) in [6, 6.07) is 10.2. The molecule has 1 saturated carbocycles. The molecule has 1 aromatic rings. The molecule has 0 aliphatic heterocycles. The van der Waals surface area contributed by atoms with Crippen LogP contribution in [0.2, 0.25) is 0 Å². The monoisotopic (exact) mass is 283 g/mol. The van der Waals surface area contributed by atoms with E-state index in [1.165, 1.54) is 24.6 Å². The maximum absolute atomic E-state index is 12.0. The van der Waals surface area contributed by atoms with Crippen molar-refractivity contribution in [1.82, 2.24) is 5.32 Å². The summed E-state index contributed by atoms with van der Waals surface area (Å²) in [4.78, 5) is 12.0. The largest absolute Gasteiger partial charge is 0.387 e. The second-order valence-corrected chi connectivity index (χ2v) is 5.37. The number of unbranched alkanes of at least 4 members (excludes halogenated alkanes) is 1. The van der Waals surface area contributed by atoms with Gasteiger partial charge in [-0.25, -0.2) is 0 Å². The Morgan fingerprint density at radius 2 is 2.10 bits per heavy atom. The Morgan fingerprint density at radius 3 is 2.67 bits per heavy atom. The van der Waals surface area contributed by atoms with Crippen LogP contribution in [0.4, 0.5) is 5.69 Å². The maximum atomic E-state index is 12.0. The molecule has 2 rings (SSSR count).